The van der Waals surface area contributed by atoms with Gasteiger partial charge in [0.25, 0.3) is 0 Å². The predicted octanol–water partition coefficient (Wildman–Crippen LogP) is 4.76. The number of phenols is 1. The average molecular weight is 334 g/mol. The number of rotatable bonds is 4. The summed E-state index contributed by atoms with van der Waals surface area (Å²) in [6.45, 7) is 1.82. The molecule has 0 unspecified atom stereocenters. The zero-order chi connectivity index (χ0) is 17.6. The van der Waals surface area contributed by atoms with Gasteiger partial charge < -0.3 is 9.84 Å². The minimum Gasteiger partial charge on any atom is -0.508 e. The van der Waals surface area contributed by atoms with Crippen LogP contribution in [0, 0.1) is 0 Å². The molecule has 0 radical (unpaired) electrons. The summed E-state index contributed by atoms with van der Waals surface area (Å²) in [5.41, 5.74) is 3.10. The monoisotopic (exact) mass is 334 g/mol. The molecule has 1 amide bonds. The molecular formula is C20H18N2O3. The summed E-state index contributed by atoms with van der Waals surface area (Å²) in [6.07, 6.45) is 2.29. The molecular weight excluding hydrogens is 316 g/mol. The van der Waals surface area contributed by atoms with Gasteiger partial charge in [-0.05, 0) is 36.2 Å². The van der Waals surface area contributed by atoms with Crippen LogP contribution in [-0.2, 0) is 4.74 Å². The Balaban J connectivity index is 1.74. The molecule has 25 heavy (non-hydrogen) atoms. The SMILES string of the molecule is C[C@@H](OC(=O)Nc1cnccc1-c1ccc(O)cc1)c1ccccc1. The van der Waals surface area contributed by atoms with E-state index in [1.54, 1.807) is 42.7 Å². The molecule has 5 heteroatoms. The van der Waals surface area contributed by atoms with Crippen molar-refractivity contribution in [3.8, 4) is 16.9 Å². The van der Waals surface area contributed by atoms with Gasteiger partial charge in [-0.1, -0.05) is 42.5 Å². The van der Waals surface area contributed by atoms with Crippen molar-refractivity contribution in [2.24, 2.45) is 0 Å². The van der Waals surface area contributed by atoms with Gasteiger partial charge in [0.15, 0.2) is 0 Å². The first-order valence-electron chi connectivity index (χ1n) is 7.89. The first-order valence-corrected chi connectivity index (χ1v) is 7.89. The molecule has 2 aromatic carbocycles. The molecule has 5 nitrogen and oxygen atoms in total. The zero-order valence-corrected chi connectivity index (χ0v) is 13.7. The Kier molecular flexibility index (Phi) is 4.95. The van der Waals surface area contributed by atoms with Crippen LogP contribution in [0.2, 0.25) is 0 Å². The van der Waals surface area contributed by atoms with Crippen molar-refractivity contribution >= 4 is 11.8 Å². The topological polar surface area (TPSA) is 71.5 Å². The third kappa shape index (κ3) is 4.14. The van der Waals surface area contributed by atoms with Crippen LogP contribution >= 0.6 is 0 Å². The highest BCUT2D eigenvalue weighted by Gasteiger charge is 2.14. The molecule has 0 aliphatic rings. The molecule has 0 bridgehead atoms. The van der Waals surface area contributed by atoms with Crippen LogP contribution in [0.4, 0.5) is 10.5 Å². The largest absolute Gasteiger partial charge is 0.508 e. The van der Waals surface area contributed by atoms with Crippen LogP contribution in [-0.4, -0.2) is 16.2 Å². The third-order valence-corrected chi connectivity index (χ3v) is 3.79. The number of carbonyl (C=O) groups excluding carboxylic acids is 1. The summed E-state index contributed by atoms with van der Waals surface area (Å²) in [5, 5.41) is 12.2. The number of nitrogens with one attached hydrogen (secondary N) is 1. The fourth-order valence-corrected chi connectivity index (χ4v) is 2.48. The van der Waals surface area contributed by atoms with Crippen molar-refractivity contribution in [2.45, 2.75) is 13.0 Å². The maximum atomic E-state index is 12.2. The summed E-state index contributed by atoms with van der Waals surface area (Å²) >= 11 is 0. The van der Waals surface area contributed by atoms with E-state index in [0.29, 0.717) is 5.69 Å². The molecule has 126 valence electrons. The van der Waals surface area contributed by atoms with Crippen LogP contribution < -0.4 is 5.32 Å². The maximum Gasteiger partial charge on any atom is 0.412 e. The molecule has 3 aromatic rings. The first kappa shape index (κ1) is 16.5. The van der Waals surface area contributed by atoms with E-state index in [9.17, 15) is 9.90 Å². The highest BCUT2D eigenvalue weighted by Crippen LogP contribution is 2.28. The number of phenolic OH excluding ortho intramolecular Hbond substituents is 1. The molecule has 0 fully saturated rings. The molecule has 1 heterocycles. The Morgan fingerprint density at radius 3 is 2.52 bits per heavy atom. The van der Waals surface area contributed by atoms with Gasteiger partial charge in [-0.25, -0.2) is 4.79 Å². The summed E-state index contributed by atoms with van der Waals surface area (Å²) in [7, 11) is 0. The molecule has 0 saturated heterocycles. The normalized spacial score (nSPS) is 11.6. The molecule has 1 aromatic heterocycles. The second-order valence-electron chi connectivity index (χ2n) is 5.55. The van der Waals surface area contributed by atoms with E-state index in [0.717, 1.165) is 16.7 Å². The van der Waals surface area contributed by atoms with Crippen molar-refractivity contribution < 1.29 is 14.6 Å². The molecule has 3 rings (SSSR count). The van der Waals surface area contributed by atoms with Crippen LogP contribution in [0.15, 0.2) is 73.1 Å². The van der Waals surface area contributed by atoms with E-state index < -0.39 is 6.09 Å². The Morgan fingerprint density at radius 2 is 1.80 bits per heavy atom. The second-order valence-corrected chi connectivity index (χ2v) is 5.55. The molecule has 0 aliphatic carbocycles. The Morgan fingerprint density at radius 1 is 1.08 bits per heavy atom. The maximum absolute atomic E-state index is 12.2. The lowest BCUT2D eigenvalue weighted by Gasteiger charge is -2.15. The van der Waals surface area contributed by atoms with Gasteiger partial charge >= 0.3 is 6.09 Å². The molecule has 2 N–H and O–H groups in total. The van der Waals surface area contributed by atoms with E-state index in [1.807, 2.05) is 37.3 Å². The zero-order valence-electron chi connectivity index (χ0n) is 13.7. The van der Waals surface area contributed by atoms with Crippen molar-refractivity contribution in [1.29, 1.82) is 0 Å². The molecule has 0 aliphatic heterocycles. The third-order valence-electron chi connectivity index (χ3n) is 3.79. The van der Waals surface area contributed by atoms with Crippen LogP contribution in [0.1, 0.15) is 18.6 Å². The Hall–Kier alpha value is -3.34. The fraction of sp³-hybridized carbons (Fsp3) is 0.100. The number of hydrogen-bond donors (Lipinski definition) is 2. The standard InChI is InChI=1S/C20H18N2O3/c1-14(15-5-3-2-4-6-15)25-20(24)22-19-13-21-12-11-18(19)16-7-9-17(23)10-8-16/h2-14,23H,1H3,(H,22,24)/t14-/m1/s1. The number of aromatic nitrogens is 1. The highest BCUT2D eigenvalue weighted by atomic mass is 16.6. The minimum absolute atomic E-state index is 0.184. The average Bonchev–Trinajstić information content (AvgIpc) is 2.63. The van der Waals surface area contributed by atoms with Gasteiger partial charge in [0.2, 0.25) is 0 Å². The lowest BCUT2D eigenvalue weighted by atomic mass is 10.1. The second kappa shape index (κ2) is 7.49. The summed E-state index contributed by atoms with van der Waals surface area (Å²) in [6, 6.07) is 18.0. The fourth-order valence-electron chi connectivity index (χ4n) is 2.48. The Bertz CT molecular complexity index is 848. The predicted molar refractivity (Wildman–Crippen MR) is 96.3 cm³/mol. The van der Waals surface area contributed by atoms with E-state index in [2.05, 4.69) is 10.3 Å². The van der Waals surface area contributed by atoms with Crippen molar-refractivity contribution in [1.82, 2.24) is 4.98 Å². The summed E-state index contributed by atoms with van der Waals surface area (Å²) in [4.78, 5) is 16.3. The number of benzene rings is 2. The quantitative estimate of drug-likeness (QED) is 0.721. The first-order chi connectivity index (χ1) is 12.1. The number of anilines is 1. The van der Waals surface area contributed by atoms with Gasteiger partial charge in [0.05, 0.1) is 11.9 Å². The van der Waals surface area contributed by atoms with E-state index >= 15 is 0 Å². The van der Waals surface area contributed by atoms with Crippen molar-refractivity contribution in [3.05, 3.63) is 78.6 Å². The smallest absolute Gasteiger partial charge is 0.412 e. The van der Waals surface area contributed by atoms with Crippen LogP contribution in [0.5, 0.6) is 5.75 Å². The van der Waals surface area contributed by atoms with Gasteiger partial charge in [0, 0.05) is 11.8 Å². The van der Waals surface area contributed by atoms with E-state index in [1.165, 1.54) is 0 Å². The van der Waals surface area contributed by atoms with Gasteiger partial charge in [0.1, 0.15) is 11.9 Å². The Labute approximate surface area is 145 Å². The number of ether oxygens (including phenoxy) is 1. The number of hydrogen-bond acceptors (Lipinski definition) is 4. The molecule has 0 saturated carbocycles. The number of pyridine rings is 1. The van der Waals surface area contributed by atoms with Gasteiger partial charge in [-0.3, -0.25) is 10.3 Å². The van der Waals surface area contributed by atoms with E-state index in [-0.39, 0.29) is 11.9 Å². The number of aromatic hydroxyl groups is 1. The lowest BCUT2D eigenvalue weighted by molar-refractivity contribution is 0.121. The minimum atomic E-state index is -0.551. The van der Waals surface area contributed by atoms with Gasteiger partial charge in [-0.15, -0.1) is 0 Å². The van der Waals surface area contributed by atoms with Crippen LogP contribution in [0.25, 0.3) is 11.1 Å². The van der Waals surface area contributed by atoms with Crippen LogP contribution in [0.3, 0.4) is 0 Å². The molecule has 0 spiro atoms. The number of amides is 1. The number of carbonyl (C=O) groups is 1. The molecule has 1 atom stereocenters. The number of nitrogens with zero attached hydrogens (tertiary/aromatic N) is 1. The van der Waals surface area contributed by atoms with Crippen molar-refractivity contribution in [2.75, 3.05) is 5.32 Å². The van der Waals surface area contributed by atoms with Crippen molar-refractivity contribution in [3.63, 3.8) is 0 Å². The summed E-state index contributed by atoms with van der Waals surface area (Å²) in [5.74, 6) is 0.184. The highest BCUT2D eigenvalue weighted by molar-refractivity contribution is 5.91. The lowest BCUT2D eigenvalue weighted by Crippen LogP contribution is -2.16. The summed E-state index contributed by atoms with van der Waals surface area (Å²) < 4.78 is 5.43. The van der Waals surface area contributed by atoms with Gasteiger partial charge in [-0.2, -0.15) is 0 Å². The van der Waals surface area contributed by atoms with E-state index in [4.69, 9.17) is 4.74 Å².